The SMILES string of the molecule is O=C1c2c(O)cccc2OCC1c1ccccc1. The van der Waals surface area contributed by atoms with Crippen LogP contribution in [0, 0.1) is 0 Å². The van der Waals surface area contributed by atoms with Crippen molar-refractivity contribution in [2.75, 3.05) is 6.61 Å². The van der Waals surface area contributed by atoms with Crippen molar-refractivity contribution in [1.82, 2.24) is 0 Å². The number of phenolic OH excluding ortho intramolecular Hbond substituents is 1. The number of hydrogen-bond donors (Lipinski definition) is 1. The van der Waals surface area contributed by atoms with Crippen molar-refractivity contribution in [2.45, 2.75) is 5.92 Å². The summed E-state index contributed by atoms with van der Waals surface area (Å²) in [5.41, 5.74) is 1.20. The molecule has 90 valence electrons. The van der Waals surface area contributed by atoms with Gasteiger partial charge in [-0.2, -0.15) is 0 Å². The van der Waals surface area contributed by atoms with Crippen molar-refractivity contribution >= 4 is 5.78 Å². The average Bonchev–Trinajstić information content (AvgIpc) is 2.40. The topological polar surface area (TPSA) is 46.5 Å². The highest BCUT2D eigenvalue weighted by molar-refractivity contribution is 6.06. The van der Waals surface area contributed by atoms with Gasteiger partial charge in [-0.3, -0.25) is 4.79 Å². The molecule has 0 aliphatic carbocycles. The zero-order chi connectivity index (χ0) is 12.5. The normalized spacial score (nSPS) is 18.0. The van der Waals surface area contributed by atoms with Gasteiger partial charge in [0.1, 0.15) is 23.7 Å². The van der Waals surface area contributed by atoms with Crippen LogP contribution in [-0.4, -0.2) is 17.5 Å². The van der Waals surface area contributed by atoms with Gasteiger partial charge in [-0.05, 0) is 17.7 Å². The first kappa shape index (κ1) is 10.8. The number of benzene rings is 2. The van der Waals surface area contributed by atoms with Crippen molar-refractivity contribution in [3.8, 4) is 11.5 Å². The summed E-state index contributed by atoms with van der Waals surface area (Å²) in [5, 5.41) is 9.79. The van der Waals surface area contributed by atoms with E-state index < -0.39 is 0 Å². The number of rotatable bonds is 1. The molecule has 1 aliphatic rings. The lowest BCUT2D eigenvalue weighted by Crippen LogP contribution is -2.26. The highest BCUT2D eigenvalue weighted by Crippen LogP contribution is 2.37. The summed E-state index contributed by atoms with van der Waals surface area (Å²) < 4.78 is 5.56. The Bertz CT molecular complexity index is 590. The van der Waals surface area contributed by atoms with Crippen molar-refractivity contribution in [3.05, 3.63) is 59.7 Å². The van der Waals surface area contributed by atoms with Gasteiger partial charge in [0.25, 0.3) is 0 Å². The Morgan fingerprint density at radius 1 is 1.06 bits per heavy atom. The molecule has 0 radical (unpaired) electrons. The van der Waals surface area contributed by atoms with E-state index in [2.05, 4.69) is 0 Å². The molecule has 0 saturated carbocycles. The predicted octanol–water partition coefficient (Wildman–Crippen LogP) is 2.75. The minimum atomic E-state index is -0.341. The smallest absolute Gasteiger partial charge is 0.181 e. The predicted molar refractivity (Wildman–Crippen MR) is 67.1 cm³/mol. The van der Waals surface area contributed by atoms with Crippen LogP contribution in [0.5, 0.6) is 11.5 Å². The second kappa shape index (κ2) is 4.18. The van der Waals surface area contributed by atoms with Crippen LogP contribution < -0.4 is 4.74 Å². The molecule has 1 atom stereocenters. The van der Waals surface area contributed by atoms with Gasteiger partial charge in [-0.25, -0.2) is 0 Å². The minimum Gasteiger partial charge on any atom is -0.507 e. The second-order valence-corrected chi connectivity index (χ2v) is 4.29. The third-order valence-corrected chi connectivity index (χ3v) is 3.17. The summed E-state index contributed by atoms with van der Waals surface area (Å²) in [4.78, 5) is 12.4. The number of aromatic hydroxyl groups is 1. The molecule has 0 bridgehead atoms. The van der Waals surface area contributed by atoms with E-state index in [-0.39, 0.29) is 23.0 Å². The van der Waals surface area contributed by atoms with Crippen LogP contribution in [0.4, 0.5) is 0 Å². The first-order valence-corrected chi connectivity index (χ1v) is 5.81. The second-order valence-electron chi connectivity index (χ2n) is 4.29. The summed E-state index contributed by atoms with van der Waals surface area (Å²) >= 11 is 0. The van der Waals surface area contributed by atoms with Gasteiger partial charge in [0, 0.05) is 0 Å². The summed E-state index contributed by atoms with van der Waals surface area (Å²) in [6.07, 6.45) is 0. The van der Waals surface area contributed by atoms with E-state index in [1.807, 2.05) is 30.3 Å². The van der Waals surface area contributed by atoms with Gasteiger partial charge in [0.15, 0.2) is 5.78 Å². The molecule has 0 amide bonds. The number of carbonyl (C=O) groups is 1. The molecular weight excluding hydrogens is 228 g/mol. The maximum Gasteiger partial charge on any atom is 0.181 e. The van der Waals surface area contributed by atoms with Crippen LogP contribution in [0.1, 0.15) is 21.8 Å². The van der Waals surface area contributed by atoms with Gasteiger partial charge in [-0.15, -0.1) is 0 Å². The van der Waals surface area contributed by atoms with E-state index >= 15 is 0 Å². The molecule has 0 aromatic heterocycles. The first-order chi connectivity index (χ1) is 8.77. The van der Waals surface area contributed by atoms with Crippen molar-refractivity contribution in [2.24, 2.45) is 0 Å². The molecule has 2 aromatic carbocycles. The Kier molecular flexibility index (Phi) is 2.52. The minimum absolute atomic E-state index is 0.0156. The van der Waals surface area contributed by atoms with Gasteiger partial charge in [0.2, 0.25) is 0 Å². The third-order valence-electron chi connectivity index (χ3n) is 3.17. The lowest BCUT2D eigenvalue weighted by Gasteiger charge is -2.24. The molecule has 1 N–H and O–H groups in total. The Labute approximate surface area is 105 Å². The van der Waals surface area contributed by atoms with E-state index in [9.17, 15) is 9.90 Å². The fraction of sp³-hybridized carbons (Fsp3) is 0.133. The molecule has 3 heteroatoms. The van der Waals surface area contributed by atoms with Crippen LogP contribution in [0.2, 0.25) is 0 Å². The quantitative estimate of drug-likeness (QED) is 0.833. The number of ether oxygens (including phenoxy) is 1. The van der Waals surface area contributed by atoms with Crippen LogP contribution >= 0.6 is 0 Å². The summed E-state index contributed by atoms with van der Waals surface area (Å²) in [5.74, 6) is 0.0258. The zero-order valence-corrected chi connectivity index (χ0v) is 9.67. The Hall–Kier alpha value is -2.29. The van der Waals surface area contributed by atoms with Gasteiger partial charge in [0.05, 0.1) is 5.92 Å². The molecule has 3 rings (SSSR count). The van der Waals surface area contributed by atoms with Crippen molar-refractivity contribution < 1.29 is 14.6 Å². The summed E-state index contributed by atoms with van der Waals surface area (Å²) in [7, 11) is 0. The summed E-state index contributed by atoms with van der Waals surface area (Å²) in [6.45, 7) is 0.319. The van der Waals surface area contributed by atoms with E-state index in [1.165, 1.54) is 6.07 Å². The Morgan fingerprint density at radius 2 is 1.83 bits per heavy atom. The summed E-state index contributed by atoms with van der Waals surface area (Å²) in [6, 6.07) is 14.4. The molecule has 0 fully saturated rings. The van der Waals surface area contributed by atoms with Gasteiger partial charge in [-0.1, -0.05) is 36.4 Å². The Balaban J connectivity index is 2.05. The average molecular weight is 240 g/mol. The standard InChI is InChI=1S/C15H12O3/c16-12-7-4-8-13-14(12)15(17)11(9-18-13)10-5-2-1-3-6-10/h1-8,11,16H,9H2. The molecule has 3 nitrogen and oxygen atoms in total. The number of hydrogen-bond acceptors (Lipinski definition) is 3. The maximum atomic E-state index is 12.4. The van der Waals surface area contributed by atoms with Crippen LogP contribution in [0.25, 0.3) is 0 Å². The van der Waals surface area contributed by atoms with Crippen molar-refractivity contribution in [3.63, 3.8) is 0 Å². The van der Waals surface area contributed by atoms with Crippen LogP contribution in [-0.2, 0) is 0 Å². The first-order valence-electron chi connectivity index (χ1n) is 5.81. The van der Waals surface area contributed by atoms with Gasteiger partial charge >= 0.3 is 0 Å². The zero-order valence-electron chi connectivity index (χ0n) is 9.67. The molecular formula is C15H12O3. The van der Waals surface area contributed by atoms with E-state index in [1.54, 1.807) is 12.1 Å². The fourth-order valence-electron chi connectivity index (χ4n) is 2.24. The number of phenols is 1. The van der Waals surface area contributed by atoms with E-state index in [0.717, 1.165) is 5.56 Å². The maximum absolute atomic E-state index is 12.4. The van der Waals surface area contributed by atoms with E-state index in [4.69, 9.17) is 4.74 Å². The van der Waals surface area contributed by atoms with Crippen LogP contribution in [0.15, 0.2) is 48.5 Å². The Morgan fingerprint density at radius 3 is 2.61 bits per heavy atom. The monoisotopic (exact) mass is 240 g/mol. The largest absolute Gasteiger partial charge is 0.507 e. The highest BCUT2D eigenvalue weighted by atomic mass is 16.5. The molecule has 0 spiro atoms. The molecule has 2 aromatic rings. The number of fused-ring (bicyclic) bond motifs is 1. The number of Topliss-reactive ketones (excluding diaryl/α,β-unsaturated/α-hetero) is 1. The highest BCUT2D eigenvalue weighted by Gasteiger charge is 2.32. The molecule has 1 aliphatic heterocycles. The molecule has 18 heavy (non-hydrogen) atoms. The fourth-order valence-corrected chi connectivity index (χ4v) is 2.24. The molecule has 1 heterocycles. The van der Waals surface area contributed by atoms with Gasteiger partial charge < -0.3 is 9.84 Å². The number of carbonyl (C=O) groups excluding carboxylic acids is 1. The lowest BCUT2D eigenvalue weighted by atomic mass is 9.88. The molecule has 1 unspecified atom stereocenters. The van der Waals surface area contributed by atoms with E-state index in [0.29, 0.717) is 12.4 Å². The third kappa shape index (κ3) is 1.64. The number of ketones is 1. The van der Waals surface area contributed by atoms with Crippen LogP contribution in [0.3, 0.4) is 0 Å². The lowest BCUT2D eigenvalue weighted by molar-refractivity contribution is 0.0892. The molecule has 0 saturated heterocycles. The van der Waals surface area contributed by atoms with Crippen molar-refractivity contribution in [1.29, 1.82) is 0 Å².